The molecule has 1 aromatic heterocycles. The highest BCUT2D eigenvalue weighted by Crippen LogP contribution is 2.44. The molecule has 0 bridgehead atoms. The summed E-state index contributed by atoms with van der Waals surface area (Å²) in [6.07, 6.45) is 5.89. The Bertz CT molecular complexity index is 1020. The number of aromatic nitrogens is 3. The van der Waals surface area contributed by atoms with Gasteiger partial charge in [-0.3, -0.25) is 4.79 Å². The highest BCUT2D eigenvalue weighted by atomic mass is 32.2. The second kappa shape index (κ2) is 6.93. The number of carbonyl (C=O) groups is 1. The average Bonchev–Trinajstić information content (AvgIpc) is 3.03. The first kappa shape index (κ1) is 16.7. The molecule has 2 aliphatic carbocycles. The molecule has 6 heteroatoms. The van der Waals surface area contributed by atoms with Crippen molar-refractivity contribution in [2.45, 2.75) is 43.3 Å². The smallest absolute Gasteiger partial charge is 0.230 e. The van der Waals surface area contributed by atoms with Gasteiger partial charge in [0, 0.05) is 22.6 Å². The van der Waals surface area contributed by atoms with E-state index in [1.54, 1.807) is 0 Å². The molecule has 136 valence electrons. The first-order chi connectivity index (χ1) is 13.3. The first-order valence-corrected chi connectivity index (χ1v) is 10.5. The summed E-state index contributed by atoms with van der Waals surface area (Å²) in [7, 11) is 0. The number of nitrogens with zero attached hydrogens (tertiary/aromatic N) is 3. The van der Waals surface area contributed by atoms with Crippen molar-refractivity contribution in [1.29, 1.82) is 0 Å². The van der Waals surface area contributed by atoms with Crippen LogP contribution in [0.25, 0.3) is 33.3 Å². The largest absolute Gasteiger partial charge is 0.353 e. The molecule has 1 heterocycles. The van der Waals surface area contributed by atoms with E-state index in [0.717, 1.165) is 35.4 Å². The monoisotopic (exact) mass is 376 g/mol. The predicted molar refractivity (Wildman–Crippen MR) is 108 cm³/mol. The third kappa shape index (κ3) is 3.08. The second-order valence-corrected chi connectivity index (χ2v) is 8.13. The lowest BCUT2D eigenvalue weighted by Gasteiger charge is -2.22. The first-order valence-electron chi connectivity index (χ1n) is 9.49. The van der Waals surface area contributed by atoms with Gasteiger partial charge < -0.3 is 5.32 Å². The molecule has 0 aliphatic heterocycles. The third-order valence-corrected chi connectivity index (χ3v) is 6.22. The van der Waals surface area contributed by atoms with Crippen LogP contribution >= 0.6 is 11.8 Å². The Balaban J connectivity index is 1.34. The molecule has 5 rings (SSSR count). The van der Waals surface area contributed by atoms with E-state index in [0.29, 0.717) is 17.0 Å². The summed E-state index contributed by atoms with van der Waals surface area (Å²) in [6.45, 7) is 0. The maximum absolute atomic E-state index is 12.2. The lowest BCUT2D eigenvalue weighted by Crippen LogP contribution is -2.37. The highest BCUT2D eigenvalue weighted by Gasteiger charge is 2.25. The van der Waals surface area contributed by atoms with Crippen LogP contribution in [0.2, 0.25) is 0 Å². The molecule has 0 radical (unpaired) electrons. The molecule has 0 saturated heterocycles. The van der Waals surface area contributed by atoms with Gasteiger partial charge in [-0.05, 0) is 18.2 Å². The third-order valence-electron chi connectivity index (χ3n) is 5.38. The molecule has 2 aromatic carbocycles. The highest BCUT2D eigenvalue weighted by molar-refractivity contribution is 7.99. The number of thioether (sulfide) groups is 1. The molecular formula is C21H20N4OS. The van der Waals surface area contributed by atoms with E-state index in [9.17, 15) is 4.79 Å². The number of hydrogen-bond donors (Lipinski definition) is 1. The van der Waals surface area contributed by atoms with E-state index in [1.165, 1.54) is 41.8 Å². The molecule has 1 fully saturated rings. The van der Waals surface area contributed by atoms with Gasteiger partial charge >= 0.3 is 0 Å². The summed E-state index contributed by atoms with van der Waals surface area (Å²) in [6, 6.07) is 12.8. The molecule has 1 saturated carbocycles. The van der Waals surface area contributed by atoms with Gasteiger partial charge in [-0.1, -0.05) is 67.4 Å². The van der Waals surface area contributed by atoms with Crippen molar-refractivity contribution >= 4 is 28.4 Å². The van der Waals surface area contributed by atoms with Gasteiger partial charge in [0.25, 0.3) is 0 Å². The number of nitrogens with one attached hydrogen (secondary N) is 1. The minimum atomic E-state index is 0.0568. The summed E-state index contributed by atoms with van der Waals surface area (Å²) in [5.41, 5.74) is 3.89. The molecule has 27 heavy (non-hydrogen) atoms. The van der Waals surface area contributed by atoms with Gasteiger partial charge in [-0.2, -0.15) is 0 Å². The van der Waals surface area contributed by atoms with Gasteiger partial charge in [0.1, 0.15) is 11.4 Å². The Labute approximate surface area is 162 Å². The van der Waals surface area contributed by atoms with Gasteiger partial charge in [0.05, 0.1) is 5.75 Å². The normalized spacial score (nSPS) is 15.7. The zero-order chi connectivity index (χ0) is 18.2. The van der Waals surface area contributed by atoms with Crippen LogP contribution in [0.1, 0.15) is 32.1 Å². The lowest BCUT2D eigenvalue weighted by atomic mass is 9.95. The fourth-order valence-corrected chi connectivity index (χ4v) is 4.72. The molecule has 3 aromatic rings. The minimum Gasteiger partial charge on any atom is -0.353 e. The second-order valence-electron chi connectivity index (χ2n) is 7.19. The van der Waals surface area contributed by atoms with Crippen molar-refractivity contribution in [3.8, 4) is 22.5 Å². The van der Waals surface area contributed by atoms with Crippen molar-refractivity contribution < 1.29 is 4.79 Å². The van der Waals surface area contributed by atoms with Crippen LogP contribution in [0.3, 0.4) is 0 Å². The summed E-state index contributed by atoms with van der Waals surface area (Å²) < 4.78 is 0. The van der Waals surface area contributed by atoms with Crippen molar-refractivity contribution in [3.05, 3.63) is 36.4 Å². The number of amides is 1. The van der Waals surface area contributed by atoms with Gasteiger partial charge in [-0.15, -0.1) is 10.2 Å². The number of hydrogen-bond acceptors (Lipinski definition) is 5. The van der Waals surface area contributed by atoms with Crippen molar-refractivity contribution in [2.24, 2.45) is 0 Å². The van der Waals surface area contributed by atoms with E-state index in [4.69, 9.17) is 4.98 Å². The van der Waals surface area contributed by atoms with Crippen LogP contribution in [-0.4, -0.2) is 32.9 Å². The molecule has 1 amide bonds. The number of fused-ring (bicyclic) bond motifs is 3. The summed E-state index contributed by atoms with van der Waals surface area (Å²) >= 11 is 1.35. The Morgan fingerprint density at radius 2 is 1.74 bits per heavy atom. The van der Waals surface area contributed by atoms with Crippen LogP contribution in [0.5, 0.6) is 0 Å². The summed E-state index contributed by atoms with van der Waals surface area (Å²) in [5.74, 6) is 0.384. The average molecular weight is 376 g/mol. The van der Waals surface area contributed by atoms with Crippen LogP contribution < -0.4 is 5.32 Å². The fraction of sp³-hybridized carbons (Fsp3) is 0.333. The van der Waals surface area contributed by atoms with Gasteiger partial charge in [-0.25, -0.2) is 4.98 Å². The molecule has 2 aliphatic rings. The van der Waals surface area contributed by atoms with E-state index in [2.05, 4.69) is 39.8 Å². The van der Waals surface area contributed by atoms with Crippen LogP contribution in [0.4, 0.5) is 0 Å². The zero-order valence-corrected chi connectivity index (χ0v) is 15.8. The number of benzene rings is 2. The molecular weight excluding hydrogens is 356 g/mol. The number of rotatable bonds is 4. The summed E-state index contributed by atoms with van der Waals surface area (Å²) in [5, 5.41) is 14.8. The Morgan fingerprint density at radius 1 is 1.00 bits per heavy atom. The van der Waals surface area contributed by atoms with E-state index in [1.807, 2.05) is 12.1 Å². The standard InChI is InChI=1S/C21H20N4OS/c26-17(22-14-8-2-1-3-9-14)12-27-21-23-19-15-10-4-6-13-7-5-11-16(18(13)15)20(19)24-25-21/h4-7,10-11,14H,1-3,8-9,12H2,(H,22,26). The SMILES string of the molecule is O=C(CSc1nnc2c(n1)-c1cccc3cccc-2c13)NC1CCCCC1. The maximum atomic E-state index is 12.2. The Morgan fingerprint density at radius 3 is 2.52 bits per heavy atom. The number of carbonyl (C=O) groups excluding carboxylic acids is 1. The lowest BCUT2D eigenvalue weighted by molar-refractivity contribution is -0.119. The topological polar surface area (TPSA) is 67.8 Å². The zero-order valence-electron chi connectivity index (χ0n) is 14.9. The Kier molecular flexibility index (Phi) is 4.28. The molecule has 0 atom stereocenters. The maximum Gasteiger partial charge on any atom is 0.230 e. The van der Waals surface area contributed by atoms with E-state index in [-0.39, 0.29) is 5.91 Å². The fourth-order valence-electron chi connectivity index (χ4n) is 4.12. The quantitative estimate of drug-likeness (QED) is 0.540. The minimum absolute atomic E-state index is 0.0568. The predicted octanol–water partition coefficient (Wildman–Crippen LogP) is 4.21. The van der Waals surface area contributed by atoms with E-state index >= 15 is 0 Å². The van der Waals surface area contributed by atoms with Crippen LogP contribution in [0, 0.1) is 0 Å². The van der Waals surface area contributed by atoms with Crippen LogP contribution in [-0.2, 0) is 4.79 Å². The van der Waals surface area contributed by atoms with Crippen molar-refractivity contribution in [3.63, 3.8) is 0 Å². The van der Waals surface area contributed by atoms with Crippen molar-refractivity contribution in [2.75, 3.05) is 5.75 Å². The van der Waals surface area contributed by atoms with Crippen molar-refractivity contribution in [1.82, 2.24) is 20.5 Å². The molecule has 0 spiro atoms. The van der Waals surface area contributed by atoms with Gasteiger partial charge in [0.2, 0.25) is 11.1 Å². The van der Waals surface area contributed by atoms with Gasteiger partial charge in [0.15, 0.2) is 0 Å². The Hall–Kier alpha value is -2.47. The molecule has 0 unspecified atom stereocenters. The van der Waals surface area contributed by atoms with E-state index < -0.39 is 0 Å². The molecule has 5 nitrogen and oxygen atoms in total. The van der Waals surface area contributed by atoms with Crippen LogP contribution in [0.15, 0.2) is 41.6 Å². The summed E-state index contributed by atoms with van der Waals surface area (Å²) in [4.78, 5) is 17.0. The molecule has 1 N–H and O–H groups in total.